The van der Waals surface area contributed by atoms with Crippen molar-refractivity contribution >= 4 is 10.9 Å². The highest BCUT2D eigenvalue weighted by atomic mass is 16.7. The van der Waals surface area contributed by atoms with E-state index in [9.17, 15) is 0 Å². The molecule has 3 rings (SSSR count). The van der Waals surface area contributed by atoms with E-state index < -0.39 is 0 Å². The molecule has 0 bridgehead atoms. The zero-order chi connectivity index (χ0) is 14.8. The minimum atomic E-state index is 0.521. The summed E-state index contributed by atoms with van der Waals surface area (Å²) in [6.07, 6.45) is 2.07. The van der Waals surface area contributed by atoms with Crippen molar-refractivity contribution in [2.75, 3.05) is 0 Å². The summed E-state index contributed by atoms with van der Waals surface area (Å²) in [5.74, 6) is 0.521. The highest BCUT2D eigenvalue weighted by molar-refractivity contribution is 5.84. The molecule has 0 N–H and O–H groups in total. The van der Waals surface area contributed by atoms with Crippen molar-refractivity contribution in [1.82, 2.24) is 4.73 Å². The van der Waals surface area contributed by atoms with E-state index in [1.165, 1.54) is 22.1 Å². The van der Waals surface area contributed by atoms with Crippen LogP contribution in [0.5, 0.6) is 0 Å². The van der Waals surface area contributed by atoms with Crippen LogP contribution in [0, 0.1) is 6.92 Å². The average Bonchev–Trinajstić information content (AvgIpc) is 2.82. The van der Waals surface area contributed by atoms with Crippen LogP contribution < -0.4 is 4.84 Å². The van der Waals surface area contributed by atoms with E-state index in [1.807, 2.05) is 22.9 Å². The quantitative estimate of drug-likeness (QED) is 0.675. The Balaban J connectivity index is 1.92. The number of aryl methyl sites for hydroxylation is 1. The maximum Gasteiger partial charge on any atom is 0.140 e. The van der Waals surface area contributed by atoms with Gasteiger partial charge in [0.25, 0.3) is 0 Å². The molecular weight excluding hydrogens is 258 g/mol. The van der Waals surface area contributed by atoms with Crippen LogP contribution in [0.1, 0.15) is 36.5 Å². The summed E-state index contributed by atoms with van der Waals surface area (Å²) in [7, 11) is 0. The van der Waals surface area contributed by atoms with Gasteiger partial charge in [-0.2, -0.15) is 4.73 Å². The lowest BCUT2D eigenvalue weighted by Gasteiger charge is -2.10. The van der Waals surface area contributed by atoms with Crippen molar-refractivity contribution in [3.05, 3.63) is 71.4 Å². The summed E-state index contributed by atoms with van der Waals surface area (Å²) in [5.41, 5.74) is 4.91. The van der Waals surface area contributed by atoms with Gasteiger partial charge in [0.1, 0.15) is 6.61 Å². The normalized spacial score (nSPS) is 11.2. The maximum atomic E-state index is 5.98. The molecule has 1 heterocycles. The summed E-state index contributed by atoms with van der Waals surface area (Å²) >= 11 is 0. The average molecular weight is 279 g/mol. The van der Waals surface area contributed by atoms with Crippen molar-refractivity contribution in [2.45, 2.75) is 33.3 Å². The van der Waals surface area contributed by atoms with E-state index in [0.29, 0.717) is 12.5 Å². The third-order valence-corrected chi connectivity index (χ3v) is 3.87. The lowest BCUT2D eigenvalue weighted by atomic mass is 10.0. The van der Waals surface area contributed by atoms with E-state index in [-0.39, 0.29) is 0 Å². The van der Waals surface area contributed by atoms with Gasteiger partial charge in [0, 0.05) is 11.6 Å². The van der Waals surface area contributed by atoms with Crippen LogP contribution >= 0.6 is 0 Å². The fraction of sp³-hybridized carbons (Fsp3) is 0.263. The molecule has 0 aliphatic carbocycles. The Hall–Kier alpha value is -2.22. The topological polar surface area (TPSA) is 14.2 Å². The molecular formula is C19H21NO. The predicted octanol–water partition coefficient (Wildman–Crippen LogP) is 4.70. The van der Waals surface area contributed by atoms with Crippen LogP contribution in [-0.2, 0) is 6.61 Å². The van der Waals surface area contributed by atoms with Gasteiger partial charge >= 0.3 is 0 Å². The molecule has 0 spiro atoms. The number of hydrogen-bond donors (Lipinski definition) is 0. The van der Waals surface area contributed by atoms with E-state index in [2.05, 4.69) is 57.3 Å². The largest absolute Gasteiger partial charge is 0.409 e. The van der Waals surface area contributed by atoms with Crippen LogP contribution in [0.4, 0.5) is 0 Å². The first-order valence-corrected chi connectivity index (χ1v) is 7.44. The monoisotopic (exact) mass is 279 g/mol. The van der Waals surface area contributed by atoms with Crippen molar-refractivity contribution in [1.29, 1.82) is 0 Å². The molecule has 21 heavy (non-hydrogen) atoms. The molecule has 108 valence electrons. The fourth-order valence-corrected chi connectivity index (χ4v) is 2.56. The van der Waals surface area contributed by atoms with Crippen molar-refractivity contribution in [3.63, 3.8) is 0 Å². The van der Waals surface area contributed by atoms with Crippen molar-refractivity contribution < 1.29 is 4.84 Å². The molecule has 0 saturated carbocycles. The first-order chi connectivity index (χ1) is 10.1. The van der Waals surface area contributed by atoms with E-state index >= 15 is 0 Å². The molecule has 2 nitrogen and oxygen atoms in total. The van der Waals surface area contributed by atoms with Gasteiger partial charge in [0.05, 0.1) is 5.52 Å². The van der Waals surface area contributed by atoms with Gasteiger partial charge < -0.3 is 4.84 Å². The lowest BCUT2D eigenvalue weighted by Crippen LogP contribution is -2.09. The maximum absolute atomic E-state index is 5.98. The zero-order valence-electron chi connectivity index (χ0n) is 12.8. The van der Waals surface area contributed by atoms with Crippen molar-refractivity contribution in [2.24, 2.45) is 0 Å². The van der Waals surface area contributed by atoms with E-state index in [1.54, 1.807) is 0 Å². The summed E-state index contributed by atoms with van der Waals surface area (Å²) in [4.78, 5) is 5.98. The molecule has 0 aliphatic heterocycles. The summed E-state index contributed by atoms with van der Waals surface area (Å²) in [5, 5.41) is 1.26. The molecule has 0 atom stereocenters. The highest BCUT2D eigenvalue weighted by Crippen LogP contribution is 2.25. The molecule has 3 aromatic rings. The molecule has 0 radical (unpaired) electrons. The number of aromatic nitrogens is 1. The van der Waals surface area contributed by atoms with Gasteiger partial charge in [-0.05, 0) is 35.6 Å². The van der Waals surface area contributed by atoms with Crippen LogP contribution in [0.3, 0.4) is 0 Å². The van der Waals surface area contributed by atoms with Crippen molar-refractivity contribution in [3.8, 4) is 0 Å². The number of fused-ring (bicyclic) bond motifs is 1. The second-order valence-corrected chi connectivity index (χ2v) is 5.83. The Morgan fingerprint density at radius 2 is 1.81 bits per heavy atom. The van der Waals surface area contributed by atoms with Gasteiger partial charge in [0.15, 0.2) is 0 Å². The second-order valence-electron chi connectivity index (χ2n) is 5.83. The Bertz CT molecular complexity index is 741. The third kappa shape index (κ3) is 2.80. The molecule has 0 aliphatic rings. The highest BCUT2D eigenvalue weighted by Gasteiger charge is 2.09. The SMILES string of the molecule is Cc1cn(OCc2ccccc2)c2cc(C(C)C)ccc12. The molecule has 0 unspecified atom stereocenters. The van der Waals surface area contributed by atoms with Crippen LogP contribution in [-0.4, -0.2) is 4.73 Å². The molecule has 0 fully saturated rings. The van der Waals surface area contributed by atoms with Gasteiger partial charge in [-0.15, -0.1) is 0 Å². The summed E-state index contributed by atoms with van der Waals surface area (Å²) in [6, 6.07) is 16.9. The first-order valence-electron chi connectivity index (χ1n) is 7.44. The van der Waals surface area contributed by atoms with Gasteiger partial charge in [-0.3, -0.25) is 0 Å². The zero-order valence-corrected chi connectivity index (χ0v) is 12.8. The number of rotatable bonds is 4. The van der Waals surface area contributed by atoms with Crippen LogP contribution in [0.2, 0.25) is 0 Å². The third-order valence-electron chi connectivity index (χ3n) is 3.87. The lowest BCUT2D eigenvalue weighted by molar-refractivity contribution is 0.107. The number of nitrogens with zero attached hydrogens (tertiary/aromatic N) is 1. The minimum Gasteiger partial charge on any atom is -0.409 e. The first kappa shape index (κ1) is 13.7. The fourth-order valence-electron chi connectivity index (χ4n) is 2.56. The van der Waals surface area contributed by atoms with Gasteiger partial charge in [0.2, 0.25) is 0 Å². The standard InChI is InChI=1S/C19H21NO/c1-14(2)17-9-10-18-15(3)12-20(19(18)11-17)21-13-16-7-5-4-6-8-16/h4-12,14H,13H2,1-3H3. The van der Waals surface area contributed by atoms with Crippen LogP contribution in [0.25, 0.3) is 10.9 Å². The smallest absolute Gasteiger partial charge is 0.140 e. The Kier molecular flexibility index (Phi) is 3.70. The Morgan fingerprint density at radius 3 is 2.52 bits per heavy atom. The molecule has 1 aromatic heterocycles. The predicted molar refractivity (Wildman–Crippen MR) is 87.5 cm³/mol. The molecule has 2 aromatic carbocycles. The summed E-state index contributed by atoms with van der Waals surface area (Å²) in [6.45, 7) is 7.13. The minimum absolute atomic E-state index is 0.521. The second kappa shape index (κ2) is 5.65. The Labute approximate surface area is 125 Å². The van der Waals surface area contributed by atoms with E-state index in [0.717, 1.165) is 5.52 Å². The molecule has 2 heteroatoms. The number of hydrogen-bond acceptors (Lipinski definition) is 1. The van der Waals surface area contributed by atoms with E-state index in [4.69, 9.17) is 4.84 Å². The molecule has 0 amide bonds. The van der Waals surface area contributed by atoms with Gasteiger partial charge in [-0.1, -0.05) is 56.3 Å². The number of benzene rings is 2. The van der Waals surface area contributed by atoms with Crippen LogP contribution in [0.15, 0.2) is 54.7 Å². The molecule has 0 saturated heterocycles. The Morgan fingerprint density at radius 1 is 1.05 bits per heavy atom. The summed E-state index contributed by atoms with van der Waals surface area (Å²) < 4.78 is 1.91. The van der Waals surface area contributed by atoms with Gasteiger partial charge in [-0.25, -0.2) is 0 Å².